The monoisotopic (exact) mass is 213 g/mol. The quantitative estimate of drug-likeness (QED) is 0.542. The van der Waals surface area contributed by atoms with Gasteiger partial charge in [0.1, 0.15) is 0 Å². The van der Waals surface area contributed by atoms with Gasteiger partial charge >= 0.3 is 0 Å². The van der Waals surface area contributed by atoms with Gasteiger partial charge < -0.3 is 5.32 Å². The van der Waals surface area contributed by atoms with Crippen molar-refractivity contribution in [2.24, 2.45) is 0 Å². The van der Waals surface area contributed by atoms with Crippen LogP contribution in [0.5, 0.6) is 0 Å². The first-order valence-corrected chi connectivity index (χ1v) is 5.79. The summed E-state index contributed by atoms with van der Waals surface area (Å²) in [6.07, 6.45) is 12.6. The minimum atomic E-state index is 0.890. The second kappa shape index (κ2) is 8.76. The maximum Gasteiger partial charge on any atom is 0.0138 e. The molecular formula is C15H19N. The van der Waals surface area contributed by atoms with Gasteiger partial charge in [0.05, 0.1) is 0 Å². The van der Waals surface area contributed by atoms with Crippen LogP contribution in [-0.2, 0) is 0 Å². The Bertz CT molecular complexity index is 332. The average molecular weight is 213 g/mol. The fourth-order valence-electron chi connectivity index (χ4n) is 1.42. The number of benzene rings is 1. The summed E-state index contributed by atoms with van der Waals surface area (Å²) in [6, 6.07) is 10.3. The van der Waals surface area contributed by atoms with Crippen LogP contribution in [0.2, 0.25) is 0 Å². The van der Waals surface area contributed by atoms with Gasteiger partial charge in [-0.3, -0.25) is 0 Å². The molecule has 0 radical (unpaired) electrons. The van der Waals surface area contributed by atoms with E-state index in [9.17, 15) is 0 Å². The second-order valence-electron chi connectivity index (χ2n) is 3.68. The van der Waals surface area contributed by atoms with Crippen LogP contribution >= 0.6 is 0 Å². The third kappa shape index (κ3) is 6.06. The molecular weight excluding hydrogens is 194 g/mol. The van der Waals surface area contributed by atoms with Gasteiger partial charge in [-0.2, -0.15) is 0 Å². The molecule has 0 aromatic heterocycles. The maximum absolute atomic E-state index is 5.17. The zero-order chi connectivity index (χ0) is 11.5. The highest BCUT2D eigenvalue weighted by atomic mass is 14.8. The van der Waals surface area contributed by atoms with E-state index in [1.807, 2.05) is 18.2 Å². The van der Waals surface area contributed by atoms with Crippen molar-refractivity contribution in [1.29, 1.82) is 0 Å². The Labute approximate surface area is 98.6 Å². The minimum Gasteiger partial charge on any atom is -0.313 e. The number of hydrogen-bond acceptors (Lipinski definition) is 1. The summed E-state index contributed by atoms with van der Waals surface area (Å²) in [5.74, 6) is 2.65. The molecule has 1 N–H and O–H groups in total. The van der Waals surface area contributed by atoms with Crippen LogP contribution < -0.4 is 5.32 Å². The third-order valence-corrected chi connectivity index (χ3v) is 2.30. The molecule has 0 spiro atoms. The van der Waals surface area contributed by atoms with Gasteiger partial charge in [0.2, 0.25) is 0 Å². The van der Waals surface area contributed by atoms with E-state index in [2.05, 4.69) is 35.5 Å². The third-order valence-electron chi connectivity index (χ3n) is 2.30. The van der Waals surface area contributed by atoms with Gasteiger partial charge in [-0.25, -0.2) is 0 Å². The van der Waals surface area contributed by atoms with Gasteiger partial charge in [0, 0.05) is 13.0 Å². The summed E-state index contributed by atoms with van der Waals surface area (Å²) in [6.45, 7) is 1.96. The van der Waals surface area contributed by atoms with E-state index in [0.717, 1.165) is 32.4 Å². The first-order valence-electron chi connectivity index (χ1n) is 5.79. The van der Waals surface area contributed by atoms with Crippen LogP contribution in [0.1, 0.15) is 24.8 Å². The molecule has 1 heteroatoms. The first-order chi connectivity index (χ1) is 7.93. The summed E-state index contributed by atoms with van der Waals surface area (Å²) >= 11 is 0. The van der Waals surface area contributed by atoms with Crippen LogP contribution in [0.4, 0.5) is 0 Å². The molecule has 0 aliphatic heterocycles. The predicted octanol–water partition coefficient (Wildman–Crippen LogP) is 3.09. The van der Waals surface area contributed by atoms with Gasteiger partial charge in [-0.05, 0) is 24.9 Å². The van der Waals surface area contributed by atoms with Crippen LogP contribution in [0.25, 0.3) is 6.08 Å². The lowest BCUT2D eigenvalue weighted by Gasteiger charge is -1.99. The predicted molar refractivity (Wildman–Crippen MR) is 71.0 cm³/mol. The Balaban J connectivity index is 2.03. The molecule has 1 nitrogen and oxygen atoms in total. The molecule has 0 saturated heterocycles. The van der Waals surface area contributed by atoms with Crippen molar-refractivity contribution in [3.63, 3.8) is 0 Å². The Morgan fingerprint density at radius 2 is 2.00 bits per heavy atom. The lowest BCUT2D eigenvalue weighted by Crippen LogP contribution is -2.14. The summed E-state index contributed by atoms with van der Waals surface area (Å²) in [4.78, 5) is 0. The zero-order valence-electron chi connectivity index (χ0n) is 9.65. The fourth-order valence-corrected chi connectivity index (χ4v) is 1.42. The second-order valence-corrected chi connectivity index (χ2v) is 3.68. The van der Waals surface area contributed by atoms with Crippen molar-refractivity contribution in [2.45, 2.75) is 19.3 Å². The summed E-state index contributed by atoms with van der Waals surface area (Å²) in [5, 5.41) is 3.36. The van der Waals surface area contributed by atoms with Crippen molar-refractivity contribution < 1.29 is 0 Å². The molecule has 1 aromatic carbocycles. The number of hydrogen-bond donors (Lipinski definition) is 1. The molecule has 1 aromatic rings. The van der Waals surface area contributed by atoms with Crippen LogP contribution in [0.3, 0.4) is 0 Å². The molecule has 1 rings (SSSR count). The zero-order valence-corrected chi connectivity index (χ0v) is 9.65. The molecule has 84 valence electrons. The number of rotatable bonds is 7. The Hall–Kier alpha value is -1.52. The van der Waals surface area contributed by atoms with E-state index >= 15 is 0 Å². The SMILES string of the molecule is C#CCCCCNC/C=C/c1ccccc1. The van der Waals surface area contributed by atoms with E-state index < -0.39 is 0 Å². The van der Waals surface area contributed by atoms with E-state index in [-0.39, 0.29) is 0 Å². The summed E-state index contributed by atoms with van der Waals surface area (Å²) in [7, 11) is 0. The number of nitrogens with one attached hydrogen (secondary N) is 1. The Morgan fingerprint density at radius 1 is 1.19 bits per heavy atom. The number of unbranched alkanes of at least 4 members (excludes halogenated alkanes) is 2. The van der Waals surface area contributed by atoms with E-state index in [1.165, 1.54) is 5.56 Å². The lowest BCUT2D eigenvalue weighted by molar-refractivity contribution is 0.665. The Kier molecular flexibility index (Phi) is 6.87. The molecule has 0 bridgehead atoms. The maximum atomic E-state index is 5.17. The number of terminal acetylenes is 1. The average Bonchev–Trinajstić information content (AvgIpc) is 2.34. The van der Waals surface area contributed by atoms with Crippen molar-refractivity contribution >= 4 is 6.08 Å². The van der Waals surface area contributed by atoms with Crippen LogP contribution in [0, 0.1) is 12.3 Å². The molecule has 0 unspecified atom stereocenters. The van der Waals surface area contributed by atoms with E-state index in [4.69, 9.17) is 6.42 Å². The van der Waals surface area contributed by atoms with Gasteiger partial charge in [-0.1, -0.05) is 42.5 Å². The largest absolute Gasteiger partial charge is 0.313 e. The van der Waals surface area contributed by atoms with Gasteiger partial charge in [0.15, 0.2) is 0 Å². The van der Waals surface area contributed by atoms with Crippen molar-refractivity contribution in [3.05, 3.63) is 42.0 Å². The van der Waals surface area contributed by atoms with Crippen molar-refractivity contribution in [3.8, 4) is 12.3 Å². The first kappa shape index (κ1) is 12.5. The molecule has 0 saturated carbocycles. The molecule has 0 heterocycles. The topological polar surface area (TPSA) is 12.0 Å². The molecule has 0 aliphatic rings. The highest BCUT2D eigenvalue weighted by Crippen LogP contribution is 1.99. The van der Waals surface area contributed by atoms with Crippen LogP contribution in [-0.4, -0.2) is 13.1 Å². The van der Waals surface area contributed by atoms with Crippen molar-refractivity contribution in [2.75, 3.05) is 13.1 Å². The normalized spacial score (nSPS) is 10.4. The summed E-state index contributed by atoms with van der Waals surface area (Å²) in [5.41, 5.74) is 1.25. The standard InChI is InChI=1S/C15H19N/c1-2-3-4-8-13-16-14-9-12-15-10-6-5-7-11-15/h1,5-7,9-12,16H,3-4,8,13-14H2/b12-9+. The summed E-state index contributed by atoms with van der Waals surface area (Å²) < 4.78 is 0. The molecule has 0 fully saturated rings. The molecule has 16 heavy (non-hydrogen) atoms. The minimum absolute atomic E-state index is 0.890. The van der Waals surface area contributed by atoms with Crippen LogP contribution in [0.15, 0.2) is 36.4 Å². The van der Waals surface area contributed by atoms with Gasteiger partial charge in [-0.15, -0.1) is 12.3 Å². The molecule has 0 aliphatic carbocycles. The van der Waals surface area contributed by atoms with E-state index in [1.54, 1.807) is 0 Å². The van der Waals surface area contributed by atoms with Crippen molar-refractivity contribution in [1.82, 2.24) is 5.32 Å². The Morgan fingerprint density at radius 3 is 2.75 bits per heavy atom. The molecule has 0 amide bonds. The fraction of sp³-hybridized carbons (Fsp3) is 0.333. The lowest BCUT2D eigenvalue weighted by atomic mass is 10.2. The van der Waals surface area contributed by atoms with Gasteiger partial charge in [0.25, 0.3) is 0 Å². The highest BCUT2D eigenvalue weighted by Gasteiger charge is 1.86. The highest BCUT2D eigenvalue weighted by molar-refractivity contribution is 5.48. The molecule has 0 atom stereocenters. The van der Waals surface area contributed by atoms with E-state index in [0.29, 0.717) is 0 Å². The smallest absolute Gasteiger partial charge is 0.0138 e.